The van der Waals surface area contributed by atoms with E-state index in [0.717, 1.165) is 38.5 Å². The number of piperazine rings is 1. The van der Waals surface area contributed by atoms with Gasteiger partial charge in [-0.2, -0.15) is 0 Å². The third-order valence-electron chi connectivity index (χ3n) is 7.24. The Kier molecular flexibility index (Phi) is 5.79. The third-order valence-corrected chi connectivity index (χ3v) is 7.24. The van der Waals surface area contributed by atoms with Gasteiger partial charge in [-0.3, -0.25) is 14.4 Å². The van der Waals surface area contributed by atoms with Crippen LogP contribution < -0.4 is 0 Å². The number of rotatable bonds is 3. The van der Waals surface area contributed by atoms with Crippen LogP contribution in [0.5, 0.6) is 0 Å². The molecule has 3 fully saturated rings. The number of carbonyl (C=O) groups excluding carboxylic acids is 3. The van der Waals surface area contributed by atoms with Gasteiger partial charge in [0.15, 0.2) is 5.76 Å². The minimum Gasteiger partial charge on any atom is -0.459 e. The molecule has 1 saturated heterocycles. The van der Waals surface area contributed by atoms with Gasteiger partial charge < -0.3 is 14.2 Å². The average molecular weight is 401 g/mol. The molecule has 2 heterocycles. The lowest BCUT2D eigenvalue weighted by atomic mass is 9.72. The minimum absolute atomic E-state index is 0.00605. The lowest BCUT2D eigenvalue weighted by Crippen LogP contribution is -2.67. The summed E-state index contributed by atoms with van der Waals surface area (Å²) in [6.07, 6.45) is 9.30. The molecular formula is C23H32N2O4. The summed E-state index contributed by atoms with van der Waals surface area (Å²) >= 11 is 0. The number of amides is 2. The highest BCUT2D eigenvalue weighted by atomic mass is 16.3. The van der Waals surface area contributed by atoms with Crippen molar-refractivity contribution in [3.05, 3.63) is 24.2 Å². The van der Waals surface area contributed by atoms with Crippen LogP contribution in [0.25, 0.3) is 0 Å². The van der Waals surface area contributed by atoms with E-state index < -0.39 is 0 Å². The van der Waals surface area contributed by atoms with E-state index in [-0.39, 0.29) is 41.8 Å². The van der Waals surface area contributed by atoms with Gasteiger partial charge in [-0.1, -0.05) is 19.3 Å². The maximum absolute atomic E-state index is 13.2. The topological polar surface area (TPSA) is 70.8 Å². The average Bonchev–Trinajstić information content (AvgIpc) is 3.27. The lowest BCUT2D eigenvalue weighted by Gasteiger charge is -2.53. The number of furan rings is 1. The molecule has 1 aliphatic heterocycles. The molecule has 6 heteroatoms. The first kappa shape index (κ1) is 20.2. The summed E-state index contributed by atoms with van der Waals surface area (Å²) < 4.78 is 5.37. The quantitative estimate of drug-likeness (QED) is 0.776. The zero-order valence-electron chi connectivity index (χ0n) is 17.5. The Labute approximate surface area is 172 Å². The Balaban J connectivity index is 1.57. The van der Waals surface area contributed by atoms with Crippen molar-refractivity contribution in [2.75, 3.05) is 6.54 Å². The maximum atomic E-state index is 13.2. The number of Topliss-reactive ketones (excluding diaryl/α,β-unsaturated/α-hetero) is 1. The number of nitrogens with zero attached hydrogens (tertiary/aromatic N) is 2. The van der Waals surface area contributed by atoms with Crippen LogP contribution in [0, 0.1) is 11.8 Å². The van der Waals surface area contributed by atoms with Gasteiger partial charge in [0.1, 0.15) is 5.78 Å². The summed E-state index contributed by atoms with van der Waals surface area (Å²) in [7, 11) is 0. The highest BCUT2D eigenvalue weighted by molar-refractivity contribution is 5.92. The number of carbonyl (C=O) groups is 3. The molecule has 4 rings (SSSR count). The van der Waals surface area contributed by atoms with Gasteiger partial charge in [0.05, 0.1) is 18.3 Å². The van der Waals surface area contributed by atoms with E-state index in [9.17, 15) is 14.4 Å². The highest BCUT2D eigenvalue weighted by Crippen LogP contribution is 2.39. The van der Waals surface area contributed by atoms with Gasteiger partial charge in [-0.25, -0.2) is 0 Å². The predicted molar refractivity (Wildman–Crippen MR) is 108 cm³/mol. The van der Waals surface area contributed by atoms with Crippen molar-refractivity contribution in [3.63, 3.8) is 0 Å². The molecule has 1 aromatic rings. The molecule has 2 aliphatic carbocycles. The molecule has 2 amide bonds. The number of hydrogen-bond donors (Lipinski definition) is 0. The van der Waals surface area contributed by atoms with Crippen molar-refractivity contribution in [1.82, 2.24) is 9.80 Å². The Hall–Kier alpha value is -2.11. The van der Waals surface area contributed by atoms with E-state index >= 15 is 0 Å². The molecule has 0 N–H and O–H groups in total. The Morgan fingerprint density at radius 2 is 1.76 bits per heavy atom. The maximum Gasteiger partial charge on any atom is 0.289 e. The van der Waals surface area contributed by atoms with Crippen LogP contribution in [0.15, 0.2) is 22.8 Å². The monoisotopic (exact) mass is 400 g/mol. The molecule has 0 spiro atoms. The van der Waals surface area contributed by atoms with Gasteiger partial charge in [-0.15, -0.1) is 0 Å². The number of hydrogen-bond acceptors (Lipinski definition) is 4. The fourth-order valence-corrected chi connectivity index (χ4v) is 5.92. The Bertz CT molecular complexity index is 753. The second-order valence-electron chi connectivity index (χ2n) is 9.09. The Morgan fingerprint density at radius 1 is 1.00 bits per heavy atom. The van der Waals surface area contributed by atoms with Gasteiger partial charge >= 0.3 is 0 Å². The number of ketones is 1. The van der Waals surface area contributed by atoms with Crippen LogP contribution in [0.1, 0.15) is 75.8 Å². The second kappa shape index (κ2) is 8.33. The summed E-state index contributed by atoms with van der Waals surface area (Å²) in [4.78, 5) is 42.6. The molecule has 0 bridgehead atoms. The minimum atomic E-state index is -0.134. The highest BCUT2D eigenvalue weighted by Gasteiger charge is 2.48. The van der Waals surface area contributed by atoms with E-state index in [1.54, 1.807) is 19.1 Å². The summed E-state index contributed by atoms with van der Waals surface area (Å²) in [6.45, 7) is 4.08. The van der Waals surface area contributed by atoms with Crippen molar-refractivity contribution < 1.29 is 18.8 Å². The zero-order valence-corrected chi connectivity index (χ0v) is 17.5. The van der Waals surface area contributed by atoms with Gasteiger partial charge in [-0.05, 0) is 51.2 Å². The molecule has 158 valence electrons. The molecule has 6 nitrogen and oxygen atoms in total. The predicted octanol–water partition coefficient (Wildman–Crippen LogP) is 3.66. The first-order valence-corrected chi connectivity index (χ1v) is 11.1. The van der Waals surface area contributed by atoms with Gasteiger partial charge in [0.2, 0.25) is 5.91 Å². The summed E-state index contributed by atoms with van der Waals surface area (Å²) in [5, 5.41) is 0. The summed E-state index contributed by atoms with van der Waals surface area (Å²) in [5.74, 6) is 0.814. The van der Waals surface area contributed by atoms with E-state index in [4.69, 9.17) is 4.42 Å². The molecule has 0 radical (unpaired) electrons. The standard InChI is InChI=1S/C23H32N2O4/c1-15-14-24(23(28)21-9-6-12-29-21)20-13-18(10-11-19(20)25(15)16(2)26)22(27)17-7-4-3-5-8-17/h6,9,12,15,17-20H,3-5,7-8,10-11,13-14H2,1-2H3/t15-,18?,19?,20?/m0/s1. The molecule has 0 aromatic carbocycles. The van der Waals surface area contributed by atoms with Crippen LogP contribution in [-0.2, 0) is 9.59 Å². The second-order valence-corrected chi connectivity index (χ2v) is 9.09. The molecule has 3 aliphatic rings. The van der Waals surface area contributed by atoms with Crippen molar-refractivity contribution in [3.8, 4) is 0 Å². The zero-order chi connectivity index (χ0) is 20.5. The summed E-state index contributed by atoms with van der Waals surface area (Å²) in [6, 6.07) is 3.21. The van der Waals surface area contributed by atoms with Crippen LogP contribution in [-0.4, -0.2) is 52.1 Å². The number of fused-ring (bicyclic) bond motifs is 1. The van der Waals surface area contributed by atoms with Crippen molar-refractivity contribution in [2.45, 2.75) is 83.3 Å². The molecule has 2 saturated carbocycles. The lowest BCUT2D eigenvalue weighted by molar-refractivity contribution is -0.143. The molecular weight excluding hydrogens is 368 g/mol. The van der Waals surface area contributed by atoms with Gasteiger partial charge in [0.25, 0.3) is 5.91 Å². The van der Waals surface area contributed by atoms with Crippen LogP contribution in [0.2, 0.25) is 0 Å². The van der Waals surface area contributed by atoms with Crippen molar-refractivity contribution >= 4 is 17.6 Å². The van der Waals surface area contributed by atoms with Gasteiger partial charge in [0, 0.05) is 31.3 Å². The van der Waals surface area contributed by atoms with E-state index in [1.807, 2.05) is 16.7 Å². The summed E-state index contributed by atoms with van der Waals surface area (Å²) in [5.41, 5.74) is 0. The fraction of sp³-hybridized carbons (Fsp3) is 0.696. The SMILES string of the molecule is CC(=O)N1C2CCC(C(=O)C3CCCCC3)CC2N(C(=O)c2ccco2)C[C@@H]1C. The van der Waals surface area contributed by atoms with Crippen molar-refractivity contribution in [2.24, 2.45) is 11.8 Å². The molecule has 29 heavy (non-hydrogen) atoms. The first-order chi connectivity index (χ1) is 14.0. The molecule has 1 aromatic heterocycles. The van der Waals surface area contributed by atoms with Crippen LogP contribution in [0.4, 0.5) is 0 Å². The van der Waals surface area contributed by atoms with E-state index in [0.29, 0.717) is 24.5 Å². The largest absolute Gasteiger partial charge is 0.459 e. The first-order valence-electron chi connectivity index (χ1n) is 11.1. The van der Waals surface area contributed by atoms with Crippen molar-refractivity contribution in [1.29, 1.82) is 0 Å². The smallest absolute Gasteiger partial charge is 0.289 e. The third kappa shape index (κ3) is 3.86. The fourth-order valence-electron chi connectivity index (χ4n) is 5.92. The van der Waals surface area contributed by atoms with Crippen LogP contribution in [0.3, 0.4) is 0 Å². The van der Waals surface area contributed by atoms with Crippen LogP contribution >= 0.6 is 0 Å². The van der Waals surface area contributed by atoms with E-state index in [2.05, 4.69) is 0 Å². The molecule has 3 unspecified atom stereocenters. The molecule has 4 atom stereocenters. The normalized spacial score (nSPS) is 30.7. The Morgan fingerprint density at radius 3 is 2.41 bits per heavy atom. The van der Waals surface area contributed by atoms with E-state index in [1.165, 1.54) is 12.7 Å².